The Bertz CT molecular complexity index is 1170. The Morgan fingerprint density at radius 2 is 2.06 bits per heavy atom. The number of H-pyrrole nitrogens is 1. The Morgan fingerprint density at radius 1 is 1.28 bits per heavy atom. The summed E-state index contributed by atoms with van der Waals surface area (Å²) in [6.45, 7) is 4.53. The maximum Gasteiger partial charge on any atom is 0.252 e. The minimum absolute atomic E-state index is 0.128. The summed E-state index contributed by atoms with van der Waals surface area (Å²) in [5, 5.41) is 3.08. The Hall–Kier alpha value is -2.49. The van der Waals surface area contributed by atoms with Crippen LogP contribution in [0.4, 0.5) is 0 Å². The summed E-state index contributed by atoms with van der Waals surface area (Å²) in [6.07, 6.45) is 3.79. The van der Waals surface area contributed by atoms with Gasteiger partial charge in [0.15, 0.2) is 0 Å². The highest BCUT2D eigenvalue weighted by Crippen LogP contribution is 2.29. The summed E-state index contributed by atoms with van der Waals surface area (Å²) in [5.41, 5.74) is 1.93. The molecule has 0 spiro atoms. The lowest BCUT2D eigenvalue weighted by atomic mass is 9.98. The molecular formula is C23H28N4O3S2. The van der Waals surface area contributed by atoms with E-state index in [-0.39, 0.29) is 24.4 Å². The number of aryl methyl sites for hydroxylation is 1. The van der Waals surface area contributed by atoms with Gasteiger partial charge in [-0.2, -0.15) is 4.31 Å². The van der Waals surface area contributed by atoms with Gasteiger partial charge < -0.3 is 10.3 Å². The Kier molecular flexibility index (Phi) is 6.78. The van der Waals surface area contributed by atoms with Crippen LogP contribution in [0.15, 0.2) is 52.9 Å². The Balaban J connectivity index is 1.44. The number of thiophene rings is 1. The van der Waals surface area contributed by atoms with Crippen LogP contribution in [0.5, 0.6) is 0 Å². The third kappa shape index (κ3) is 4.79. The van der Waals surface area contributed by atoms with E-state index in [1.807, 2.05) is 50.2 Å². The third-order valence-electron chi connectivity index (χ3n) is 5.80. The molecule has 2 unspecified atom stereocenters. The number of hydrogen-bond donors (Lipinski definition) is 2. The first-order valence-electron chi connectivity index (χ1n) is 10.9. The van der Waals surface area contributed by atoms with Gasteiger partial charge in [0.1, 0.15) is 10.0 Å². The lowest BCUT2D eigenvalue weighted by molar-refractivity contribution is -0.126. The number of amides is 1. The van der Waals surface area contributed by atoms with E-state index in [2.05, 4.69) is 15.3 Å². The smallest absolute Gasteiger partial charge is 0.252 e. The van der Waals surface area contributed by atoms with E-state index in [1.165, 1.54) is 15.6 Å². The lowest BCUT2D eigenvalue weighted by Crippen LogP contribution is -2.46. The maximum atomic E-state index is 13.1. The average Bonchev–Trinajstić information content (AvgIpc) is 3.48. The van der Waals surface area contributed by atoms with Crippen LogP contribution in [0, 0.1) is 12.8 Å². The number of nitrogens with one attached hydrogen (secondary N) is 2. The van der Waals surface area contributed by atoms with Crippen LogP contribution in [0.3, 0.4) is 0 Å². The van der Waals surface area contributed by atoms with Crippen molar-refractivity contribution in [3.63, 3.8) is 0 Å². The minimum atomic E-state index is -3.57. The molecule has 1 saturated heterocycles. The number of imidazole rings is 1. The van der Waals surface area contributed by atoms with E-state index < -0.39 is 10.0 Å². The van der Waals surface area contributed by atoms with E-state index in [9.17, 15) is 13.2 Å². The van der Waals surface area contributed by atoms with Gasteiger partial charge in [-0.3, -0.25) is 4.79 Å². The van der Waals surface area contributed by atoms with Crippen molar-refractivity contribution in [3.05, 3.63) is 59.4 Å². The lowest BCUT2D eigenvalue weighted by Gasteiger charge is -2.31. The van der Waals surface area contributed by atoms with Crippen molar-refractivity contribution in [1.82, 2.24) is 19.6 Å². The minimum Gasteiger partial charge on any atom is -0.346 e. The summed E-state index contributed by atoms with van der Waals surface area (Å²) in [4.78, 5) is 21.8. The SMILES string of the molecule is CCC(NC(=O)C1CCCN(S(=O)(=O)c2ccc(C)s2)C1)c1ncc(-c2ccccc2)[nH]1. The van der Waals surface area contributed by atoms with Gasteiger partial charge in [-0.15, -0.1) is 11.3 Å². The second-order valence-corrected chi connectivity index (χ2v) is 11.5. The molecule has 0 saturated carbocycles. The second kappa shape index (κ2) is 9.56. The number of sulfonamides is 1. The van der Waals surface area contributed by atoms with Gasteiger partial charge in [0, 0.05) is 18.0 Å². The van der Waals surface area contributed by atoms with Crippen LogP contribution in [-0.4, -0.2) is 41.7 Å². The van der Waals surface area contributed by atoms with Crippen LogP contribution in [0.2, 0.25) is 0 Å². The second-order valence-electron chi connectivity index (χ2n) is 8.08. The topological polar surface area (TPSA) is 95.2 Å². The number of carbonyl (C=O) groups is 1. The zero-order chi connectivity index (χ0) is 22.7. The molecule has 1 amide bonds. The van der Waals surface area contributed by atoms with E-state index in [0.29, 0.717) is 35.8 Å². The normalized spacial score (nSPS) is 18.4. The summed E-state index contributed by atoms with van der Waals surface area (Å²) in [6, 6.07) is 13.1. The Labute approximate surface area is 192 Å². The van der Waals surface area contributed by atoms with Gasteiger partial charge in [-0.05, 0) is 43.9 Å². The standard InChI is InChI=1S/C23H28N4O3S2/c1-3-19(22-24-14-20(25-22)17-8-5-4-6-9-17)26-23(28)18-10-7-13-27(15-18)32(29,30)21-12-11-16(2)31-21/h4-6,8-9,11-12,14,18-19H,3,7,10,13,15H2,1-2H3,(H,24,25)(H,26,28). The number of carbonyl (C=O) groups excluding carboxylic acids is 1. The third-order valence-corrected chi connectivity index (χ3v) is 9.13. The monoisotopic (exact) mass is 472 g/mol. The van der Waals surface area contributed by atoms with E-state index in [0.717, 1.165) is 16.1 Å². The molecule has 1 aromatic carbocycles. The highest BCUT2D eigenvalue weighted by Gasteiger charge is 2.34. The fraction of sp³-hybridized carbons (Fsp3) is 0.391. The van der Waals surface area contributed by atoms with Crippen molar-refractivity contribution in [2.24, 2.45) is 5.92 Å². The molecule has 0 radical (unpaired) electrons. The van der Waals surface area contributed by atoms with Crippen molar-refractivity contribution in [3.8, 4) is 11.3 Å². The van der Waals surface area contributed by atoms with Gasteiger partial charge in [0.2, 0.25) is 5.91 Å². The van der Waals surface area contributed by atoms with Crippen molar-refractivity contribution >= 4 is 27.3 Å². The number of rotatable bonds is 7. The van der Waals surface area contributed by atoms with Crippen LogP contribution in [0.25, 0.3) is 11.3 Å². The largest absolute Gasteiger partial charge is 0.346 e. The van der Waals surface area contributed by atoms with Crippen LogP contribution in [-0.2, 0) is 14.8 Å². The summed E-state index contributed by atoms with van der Waals surface area (Å²) < 4.78 is 27.8. The first kappa shape index (κ1) is 22.7. The maximum absolute atomic E-state index is 13.1. The zero-order valence-corrected chi connectivity index (χ0v) is 19.9. The van der Waals surface area contributed by atoms with Crippen LogP contribution < -0.4 is 5.32 Å². The average molecular weight is 473 g/mol. The fourth-order valence-corrected chi connectivity index (χ4v) is 6.95. The zero-order valence-electron chi connectivity index (χ0n) is 18.2. The van der Waals surface area contributed by atoms with E-state index >= 15 is 0 Å². The van der Waals surface area contributed by atoms with Crippen molar-refractivity contribution in [2.75, 3.05) is 13.1 Å². The first-order chi connectivity index (χ1) is 15.4. The molecule has 0 aliphatic carbocycles. The molecule has 1 aliphatic rings. The molecule has 2 aromatic heterocycles. The molecule has 3 aromatic rings. The number of benzene rings is 1. The van der Waals surface area contributed by atoms with Gasteiger partial charge >= 0.3 is 0 Å². The molecule has 7 nitrogen and oxygen atoms in total. The number of aromatic amines is 1. The predicted octanol–water partition coefficient (Wildman–Crippen LogP) is 4.11. The quantitative estimate of drug-likeness (QED) is 0.541. The molecule has 0 bridgehead atoms. The predicted molar refractivity (Wildman–Crippen MR) is 126 cm³/mol. The van der Waals surface area contributed by atoms with Gasteiger partial charge in [0.25, 0.3) is 10.0 Å². The molecule has 9 heteroatoms. The number of piperidine rings is 1. The summed E-state index contributed by atoms with van der Waals surface area (Å²) >= 11 is 1.27. The van der Waals surface area contributed by atoms with Crippen molar-refractivity contribution in [2.45, 2.75) is 43.4 Å². The molecule has 2 N–H and O–H groups in total. The summed E-state index contributed by atoms with van der Waals surface area (Å²) in [7, 11) is -3.57. The molecular weight excluding hydrogens is 444 g/mol. The molecule has 1 fully saturated rings. The van der Waals surface area contributed by atoms with Gasteiger partial charge in [-0.25, -0.2) is 13.4 Å². The molecule has 2 atom stereocenters. The van der Waals surface area contributed by atoms with Gasteiger partial charge in [0.05, 0.1) is 23.9 Å². The van der Waals surface area contributed by atoms with E-state index in [1.54, 1.807) is 12.3 Å². The highest BCUT2D eigenvalue weighted by atomic mass is 32.2. The van der Waals surface area contributed by atoms with Crippen LogP contribution in [0.1, 0.15) is 42.9 Å². The molecule has 4 rings (SSSR count). The molecule has 170 valence electrons. The first-order valence-corrected chi connectivity index (χ1v) is 13.1. The van der Waals surface area contributed by atoms with Gasteiger partial charge in [-0.1, -0.05) is 37.3 Å². The molecule has 1 aliphatic heterocycles. The highest BCUT2D eigenvalue weighted by molar-refractivity contribution is 7.91. The number of nitrogens with zero attached hydrogens (tertiary/aromatic N) is 2. The van der Waals surface area contributed by atoms with Crippen LogP contribution >= 0.6 is 11.3 Å². The fourth-order valence-electron chi connectivity index (χ4n) is 3.98. The molecule has 3 heterocycles. The molecule has 32 heavy (non-hydrogen) atoms. The number of aromatic nitrogens is 2. The summed E-state index contributed by atoms with van der Waals surface area (Å²) in [5.74, 6) is 0.197. The van der Waals surface area contributed by atoms with Crippen molar-refractivity contribution in [1.29, 1.82) is 0 Å². The Morgan fingerprint density at radius 3 is 2.75 bits per heavy atom. The number of hydrogen-bond acceptors (Lipinski definition) is 5. The van der Waals surface area contributed by atoms with Crippen molar-refractivity contribution < 1.29 is 13.2 Å². The van der Waals surface area contributed by atoms with E-state index in [4.69, 9.17) is 0 Å².